The van der Waals surface area contributed by atoms with Crippen LogP contribution >= 0.6 is 15.2 Å². The second-order valence-electron chi connectivity index (χ2n) is 8.76. The third kappa shape index (κ3) is 6.60. The first kappa shape index (κ1) is 28.6. The molecular weight excluding hydrogens is 520 g/mol. The second-order valence-corrected chi connectivity index (χ2v) is 12.9. The summed E-state index contributed by atoms with van der Waals surface area (Å²) < 4.78 is 48.7. The monoisotopic (exact) mass is 555 g/mol. The molecule has 0 aliphatic rings. The van der Waals surface area contributed by atoms with Crippen LogP contribution in [0.5, 0.6) is 0 Å². The maximum Gasteiger partial charge on any atom is 0.335 e. The predicted molar refractivity (Wildman–Crippen MR) is 154 cm³/mol. The summed E-state index contributed by atoms with van der Waals surface area (Å²) in [5.74, 6) is 0. The molecule has 0 aliphatic carbocycles. The lowest BCUT2D eigenvalue weighted by molar-refractivity contribution is 0.218. The van der Waals surface area contributed by atoms with Gasteiger partial charge >= 0.3 is 15.2 Å². The molecule has 0 aliphatic heterocycles. The quantitative estimate of drug-likeness (QED) is 0.121. The average Bonchev–Trinajstić information content (AvgIpc) is 2.88. The van der Waals surface area contributed by atoms with Crippen LogP contribution in [0.15, 0.2) is 66.7 Å². The van der Waals surface area contributed by atoms with Gasteiger partial charge in [0.05, 0.1) is 49.8 Å². The fourth-order valence-electron chi connectivity index (χ4n) is 4.64. The Hall–Kier alpha value is -2.37. The molecular formula is C29H35NO6P2. The minimum atomic E-state index is -3.28. The number of fused-ring (bicyclic) bond motifs is 2. The summed E-state index contributed by atoms with van der Waals surface area (Å²) in [6, 6.07) is 21.9. The zero-order chi connectivity index (χ0) is 27.2. The Morgan fingerprint density at radius 1 is 0.605 bits per heavy atom. The summed E-state index contributed by atoms with van der Waals surface area (Å²) >= 11 is 0. The Balaban J connectivity index is 1.90. The minimum absolute atomic E-state index is 0.169. The lowest BCUT2D eigenvalue weighted by Crippen LogP contribution is -2.00. The predicted octanol–water partition coefficient (Wildman–Crippen LogP) is 8.59. The summed E-state index contributed by atoms with van der Waals surface area (Å²) in [5, 5.41) is 1.85. The van der Waals surface area contributed by atoms with Crippen molar-refractivity contribution in [1.82, 2.24) is 4.98 Å². The van der Waals surface area contributed by atoms with Crippen LogP contribution in [0.2, 0.25) is 0 Å². The van der Waals surface area contributed by atoms with E-state index in [0.29, 0.717) is 26.4 Å². The van der Waals surface area contributed by atoms with Crippen LogP contribution in [-0.2, 0) is 39.5 Å². The molecule has 7 nitrogen and oxygen atoms in total. The molecule has 0 radical (unpaired) electrons. The fourth-order valence-corrected chi connectivity index (χ4v) is 8.02. The van der Waals surface area contributed by atoms with E-state index in [0.717, 1.165) is 44.1 Å². The Morgan fingerprint density at radius 3 is 1.42 bits per heavy atom. The number of aromatic nitrogens is 1. The molecule has 1 heterocycles. The van der Waals surface area contributed by atoms with E-state index in [4.69, 9.17) is 23.1 Å². The zero-order valence-corrected chi connectivity index (χ0v) is 24.2. The average molecular weight is 556 g/mol. The van der Waals surface area contributed by atoms with Crippen molar-refractivity contribution in [1.29, 1.82) is 0 Å². The maximum absolute atomic E-state index is 13.3. The molecule has 4 aromatic rings. The van der Waals surface area contributed by atoms with Gasteiger partial charge < -0.3 is 18.1 Å². The lowest BCUT2D eigenvalue weighted by Gasteiger charge is -2.19. The van der Waals surface area contributed by atoms with Crippen LogP contribution < -0.4 is 0 Å². The van der Waals surface area contributed by atoms with E-state index in [1.165, 1.54) is 0 Å². The van der Waals surface area contributed by atoms with E-state index in [-0.39, 0.29) is 12.3 Å². The molecule has 0 bridgehead atoms. The van der Waals surface area contributed by atoms with Crippen molar-refractivity contribution < 1.29 is 27.2 Å². The van der Waals surface area contributed by atoms with E-state index in [1.54, 1.807) is 0 Å². The van der Waals surface area contributed by atoms with Crippen molar-refractivity contribution in [3.8, 4) is 11.1 Å². The molecule has 0 saturated heterocycles. The molecule has 202 valence electrons. The van der Waals surface area contributed by atoms with E-state index < -0.39 is 15.2 Å². The third-order valence-corrected chi connectivity index (χ3v) is 10.1. The molecule has 0 fully saturated rings. The number of hydrogen-bond donors (Lipinski definition) is 0. The highest BCUT2D eigenvalue weighted by Crippen LogP contribution is 2.53. The van der Waals surface area contributed by atoms with Crippen LogP contribution in [0.3, 0.4) is 0 Å². The van der Waals surface area contributed by atoms with Crippen LogP contribution in [-0.4, -0.2) is 31.4 Å². The minimum Gasteiger partial charge on any atom is -0.309 e. The topological polar surface area (TPSA) is 84.0 Å². The largest absolute Gasteiger partial charge is 0.335 e. The Labute approximate surface area is 224 Å². The fraction of sp³-hybridized carbons (Fsp3) is 0.345. The molecule has 0 saturated carbocycles. The van der Waals surface area contributed by atoms with Gasteiger partial charge in [-0.3, -0.25) is 9.13 Å². The van der Waals surface area contributed by atoms with Crippen LogP contribution in [0, 0.1) is 0 Å². The Kier molecular flexibility index (Phi) is 9.54. The van der Waals surface area contributed by atoms with Gasteiger partial charge in [0.2, 0.25) is 0 Å². The van der Waals surface area contributed by atoms with Crippen LogP contribution in [0.1, 0.15) is 38.8 Å². The third-order valence-electron chi connectivity index (χ3n) is 6.02. The Bertz CT molecular complexity index is 1380. The first-order chi connectivity index (χ1) is 18.3. The second kappa shape index (κ2) is 12.7. The van der Waals surface area contributed by atoms with Crippen LogP contribution in [0.4, 0.5) is 0 Å². The molecule has 38 heavy (non-hydrogen) atoms. The molecule has 0 N–H and O–H groups in total. The lowest BCUT2D eigenvalue weighted by atomic mass is 9.94. The number of rotatable bonds is 13. The summed E-state index contributed by atoms with van der Waals surface area (Å²) in [6.45, 7) is 8.47. The van der Waals surface area contributed by atoms with Crippen molar-refractivity contribution in [2.45, 2.75) is 40.0 Å². The molecule has 0 atom stereocenters. The van der Waals surface area contributed by atoms with E-state index in [2.05, 4.69) is 12.1 Å². The maximum atomic E-state index is 13.3. The standard InChI is InChI=1S/C29H35NO6P2/c1-5-33-37(31,34-6-2)20-22-14-16-27-25(18-22)29(24-12-10-9-11-13-24)26-19-23(15-17-28(26)30-27)21-38(32,35-7-3)36-8-4/h9-19H,5-8,20-21H2,1-4H3. The van der Waals surface area contributed by atoms with Crippen molar-refractivity contribution in [2.24, 2.45) is 0 Å². The smallest absolute Gasteiger partial charge is 0.309 e. The number of pyridine rings is 1. The van der Waals surface area contributed by atoms with Gasteiger partial charge in [-0.1, -0.05) is 42.5 Å². The van der Waals surface area contributed by atoms with E-state index in [1.807, 2.05) is 82.3 Å². The zero-order valence-electron chi connectivity index (χ0n) is 22.4. The summed E-state index contributed by atoms with van der Waals surface area (Å²) in [6.07, 6.45) is 0.339. The van der Waals surface area contributed by atoms with Gasteiger partial charge in [0.1, 0.15) is 0 Å². The highest BCUT2D eigenvalue weighted by molar-refractivity contribution is 7.53. The van der Waals surface area contributed by atoms with Gasteiger partial charge in [0.15, 0.2) is 0 Å². The molecule has 9 heteroatoms. The van der Waals surface area contributed by atoms with Gasteiger partial charge in [-0.05, 0) is 68.7 Å². The highest BCUT2D eigenvalue weighted by atomic mass is 31.2. The van der Waals surface area contributed by atoms with Crippen LogP contribution in [0.25, 0.3) is 32.9 Å². The van der Waals surface area contributed by atoms with Gasteiger partial charge in [-0.15, -0.1) is 0 Å². The number of nitrogens with zero attached hydrogens (tertiary/aromatic N) is 1. The molecule has 0 spiro atoms. The molecule has 1 aromatic heterocycles. The van der Waals surface area contributed by atoms with Crippen molar-refractivity contribution in [2.75, 3.05) is 26.4 Å². The number of hydrogen-bond acceptors (Lipinski definition) is 7. The van der Waals surface area contributed by atoms with Crippen molar-refractivity contribution in [3.63, 3.8) is 0 Å². The van der Waals surface area contributed by atoms with Gasteiger partial charge in [-0.2, -0.15) is 0 Å². The van der Waals surface area contributed by atoms with Gasteiger partial charge in [0, 0.05) is 16.3 Å². The van der Waals surface area contributed by atoms with Crippen molar-refractivity contribution >= 4 is 37.0 Å². The first-order valence-electron chi connectivity index (χ1n) is 13.0. The summed E-state index contributed by atoms with van der Waals surface area (Å²) in [7, 11) is -6.56. The van der Waals surface area contributed by atoms with Gasteiger partial charge in [0.25, 0.3) is 0 Å². The summed E-state index contributed by atoms with van der Waals surface area (Å²) in [5.41, 5.74) is 5.35. The molecule has 3 aromatic carbocycles. The molecule has 4 rings (SSSR count). The van der Waals surface area contributed by atoms with E-state index in [9.17, 15) is 9.13 Å². The molecule has 0 amide bonds. The number of benzene rings is 3. The van der Waals surface area contributed by atoms with E-state index >= 15 is 0 Å². The first-order valence-corrected chi connectivity index (χ1v) is 16.5. The highest BCUT2D eigenvalue weighted by Gasteiger charge is 2.26. The normalized spacial score (nSPS) is 12.4. The van der Waals surface area contributed by atoms with Crippen molar-refractivity contribution in [3.05, 3.63) is 77.9 Å². The Morgan fingerprint density at radius 2 is 1.03 bits per heavy atom. The SMILES string of the molecule is CCOP(=O)(Cc1ccc2nc3ccc(CP(=O)(OCC)OCC)cc3c(-c3ccccc3)c2c1)OCC. The molecule has 0 unspecified atom stereocenters. The van der Waals surface area contributed by atoms with Gasteiger partial charge in [-0.25, -0.2) is 4.98 Å². The summed E-state index contributed by atoms with van der Waals surface area (Å²) in [4.78, 5) is 4.92.